The van der Waals surface area contributed by atoms with Crippen LogP contribution in [0, 0.1) is 0 Å². The minimum Gasteiger partial charge on any atom is -0.388 e. The van der Waals surface area contributed by atoms with E-state index >= 15 is 0 Å². The molecule has 1 aromatic rings. The molecule has 120 valence electrons. The van der Waals surface area contributed by atoms with Crippen molar-refractivity contribution >= 4 is 26.0 Å². The van der Waals surface area contributed by atoms with Crippen molar-refractivity contribution in [3.63, 3.8) is 0 Å². The Bertz CT molecular complexity index is 587. The SMILES string of the molecule is CCCCC(O)c1cc(Br)ccc1OS(=O)(=O)C(F)(F)F. The van der Waals surface area contributed by atoms with Crippen LogP contribution in [0.3, 0.4) is 0 Å². The van der Waals surface area contributed by atoms with Gasteiger partial charge in [0.25, 0.3) is 0 Å². The van der Waals surface area contributed by atoms with Gasteiger partial charge in [-0.25, -0.2) is 0 Å². The highest BCUT2D eigenvalue weighted by Gasteiger charge is 2.48. The molecule has 1 unspecified atom stereocenters. The van der Waals surface area contributed by atoms with Crippen LogP contribution in [0.15, 0.2) is 22.7 Å². The van der Waals surface area contributed by atoms with Gasteiger partial charge in [0.1, 0.15) is 5.75 Å². The highest BCUT2D eigenvalue weighted by Crippen LogP contribution is 2.34. The average molecular weight is 391 g/mol. The molecule has 0 aliphatic heterocycles. The topological polar surface area (TPSA) is 63.6 Å². The molecular weight excluding hydrogens is 377 g/mol. The smallest absolute Gasteiger partial charge is 0.388 e. The Morgan fingerprint density at radius 3 is 2.52 bits per heavy atom. The lowest BCUT2D eigenvalue weighted by molar-refractivity contribution is -0.0500. The van der Waals surface area contributed by atoms with E-state index in [2.05, 4.69) is 20.1 Å². The lowest BCUT2D eigenvalue weighted by atomic mass is 10.0. The number of aliphatic hydroxyl groups is 1. The number of alkyl halides is 3. The summed E-state index contributed by atoms with van der Waals surface area (Å²) in [5.74, 6) is -0.529. The second-order valence-electron chi connectivity index (χ2n) is 4.32. The van der Waals surface area contributed by atoms with E-state index in [0.29, 0.717) is 10.9 Å². The maximum Gasteiger partial charge on any atom is 0.534 e. The van der Waals surface area contributed by atoms with Crippen LogP contribution in [-0.4, -0.2) is 19.0 Å². The standard InChI is InChI=1S/C12H14BrF3O4S/c1-2-3-4-10(17)9-7-8(13)5-6-11(9)20-21(18,19)12(14,15)16/h5-7,10,17H,2-4H2,1H3. The van der Waals surface area contributed by atoms with Gasteiger partial charge in [0.05, 0.1) is 6.10 Å². The minimum atomic E-state index is -5.77. The van der Waals surface area contributed by atoms with Crippen molar-refractivity contribution in [1.82, 2.24) is 0 Å². The van der Waals surface area contributed by atoms with E-state index in [1.54, 1.807) is 0 Å². The van der Waals surface area contributed by atoms with Crippen molar-refractivity contribution in [3.8, 4) is 5.75 Å². The second-order valence-corrected chi connectivity index (χ2v) is 6.78. The van der Waals surface area contributed by atoms with E-state index in [9.17, 15) is 26.7 Å². The van der Waals surface area contributed by atoms with Crippen molar-refractivity contribution in [2.24, 2.45) is 0 Å². The minimum absolute atomic E-state index is 0.00866. The van der Waals surface area contributed by atoms with Gasteiger partial charge in [0.2, 0.25) is 0 Å². The molecule has 0 bridgehead atoms. The predicted molar refractivity (Wildman–Crippen MR) is 74.2 cm³/mol. The number of benzene rings is 1. The van der Waals surface area contributed by atoms with Gasteiger partial charge in [-0.1, -0.05) is 35.7 Å². The molecule has 0 radical (unpaired) electrons. The quantitative estimate of drug-likeness (QED) is 0.590. The van der Waals surface area contributed by atoms with Crippen molar-refractivity contribution in [2.75, 3.05) is 0 Å². The summed E-state index contributed by atoms with van der Waals surface area (Å²) in [6.45, 7) is 1.89. The van der Waals surface area contributed by atoms with Gasteiger partial charge in [-0.05, 0) is 24.6 Å². The zero-order chi connectivity index (χ0) is 16.3. The second kappa shape index (κ2) is 6.97. The van der Waals surface area contributed by atoms with Crippen molar-refractivity contribution in [3.05, 3.63) is 28.2 Å². The van der Waals surface area contributed by atoms with Gasteiger partial charge < -0.3 is 9.29 Å². The first-order valence-corrected chi connectivity index (χ1v) is 8.27. The number of aliphatic hydroxyl groups excluding tert-OH is 1. The third-order valence-corrected chi connectivity index (χ3v) is 4.10. The third-order valence-electron chi connectivity index (χ3n) is 2.64. The van der Waals surface area contributed by atoms with E-state index in [1.807, 2.05) is 6.92 Å². The molecule has 1 aromatic carbocycles. The summed E-state index contributed by atoms with van der Waals surface area (Å²) in [5, 5.41) is 9.98. The summed E-state index contributed by atoms with van der Waals surface area (Å²) in [6, 6.07) is 3.73. The summed E-state index contributed by atoms with van der Waals surface area (Å²) in [7, 11) is -5.77. The van der Waals surface area contributed by atoms with Crippen LogP contribution < -0.4 is 4.18 Å². The van der Waals surface area contributed by atoms with Gasteiger partial charge in [-0.15, -0.1) is 0 Å². The van der Waals surface area contributed by atoms with Crippen LogP contribution in [0.1, 0.15) is 37.9 Å². The number of halogens is 4. The fourth-order valence-corrected chi connectivity index (χ4v) is 2.44. The molecular formula is C12H14BrF3O4S. The molecule has 0 aliphatic rings. The Hall–Kier alpha value is -0.800. The Balaban J connectivity index is 3.13. The van der Waals surface area contributed by atoms with E-state index < -0.39 is 27.5 Å². The lowest BCUT2D eigenvalue weighted by Gasteiger charge is -2.17. The molecule has 0 heterocycles. The van der Waals surface area contributed by atoms with Crippen molar-refractivity contribution in [2.45, 2.75) is 37.8 Å². The lowest BCUT2D eigenvalue weighted by Crippen LogP contribution is -2.28. The Morgan fingerprint density at radius 1 is 1.38 bits per heavy atom. The number of rotatable bonds is 6. The third kappa shape index (κ3) is 4.86. The normalized spacial score (nSPS) is 14.0. The Kier molecular flexibility index (Phi) is 6.06. The Morgan fingerprint density at radius 2 is 2.00 bits per heavy atom. The zero-order valence-corrected chi connectivity index (χ0v) is 13.4. The van der Waals surface area contributed by atoms with E-state index in [4.69, 9.17) is 0 Å². The van der Waals surface area contributed by atoms with Crippen LogP contribution in [0.2, 0.25) is 0 Å². The summed E-state index contributed by atoms with van der Waals surface area (Å²) in [5.41, 5.74) is -5.53. The predicted octanol–water partition coefficient (Wildman–Crippen LogP) is 3.90. The van der Waals surface area contributed by atoms with E-state index in [1.165, 1.54) is 12.1 Å². The van der Waals surface area contributed by atoms with Gasteiger partial charge in [-0.3, -0.25) is 0 Å². The first-order chi connectivity index (χ1) is 9.58. The van der Waals surface area contributed by atoms with Gasteiger partial charge in [-0.2, -0.15) is 21.6 Å². The molecule has 0 amide bonds. The molecule has 9 heteroatoms. The summed E-state index contributed by atoms with van der Waals surface area (Å²) in [6.07, 6.45) is 0.595. The zero-order valence-electron chi connectivity index (χ0n) is 11.0. The first kappa shape index (κ1) is 18.2. The molecule has 0 saturated carbocycles. The molecule has 21 heavy (non-hydrogen) atoms. The van der Waals surface area contributed by atoms with Gasteiger partial charge in [0.15, 0.2) is 0 Å². The van der Waals surface area contributed by atoms with E-state index in [-0.39, 0.29) is 12.0 Å². The summed E-state index contributed by atoms with van der Waals surface area (Å²) >= 11 is 3.11. The Labute approximate surface area is 129 Å². The monoisotopic (exact) mass is 390 g/mol. The fraction of sp³-hybridized carbons (Fsp3) is 0.500. The van der Waals surface area contributed by atoms with Gasteiger partial charge >= 0.3 is 15.6 Å². The van der Waals surface area contributed by atoms with Crippen LogP contribution in [0.25, 0.3) is 0 Å². The maximum absolute atomic E-state index is 12.3. The number of hydrogen-bond acceptors (Lipinski definition) is 4. The fourth-order valence-electron chi connectivity index (χ4n) is 1.57. The molecule has 1 atom stereocenters. The molecule has 0 aliphatic carbocycles. The highest BCUT2D eigenvalue weighted by atomic mass is 79.9. The number of hydrogen-bond donors (Lipinski definition) is 1. The summed E-state index contributed by atoms with van der Waals surface area (Å²) in [4.78, 5) is 0. The maximum atomic E-state index is 12.3. The van der Waals surface area contributed by atoms with Crippen LogP contribution in [0.5, 0.6) is 5.75 Å². The largest absolute Gasteiger partial charge is 0.534 e. The summed E-state index contributed by atoms with van der Waals surface area (Å²) < 4.78 is 63.8. The molecule has 1 N–H and O–H groups in total. The molecule has 4 nitrogen and oxygen atoms in total. The molecule has 1 rings (SSSR count). The molecule has 0 spiro atoms. The number of unbranched alkanes of at least 4 members (excludes halogenated alkanes) is 1. The van der Waals surface area contributed by atoms with Crippen LogP contribution >= 0.6 is 15.9 Å². The van der Waals surface area contributed by atoms with Gasteiger partial charge in [0, 0.05) is 10.0 Å². The highest BCUT2D eigenvalue weighted by molar-refractivity contribution is 9.10. The van der Waals surface area contributed by atoms with Crippen LogP contribution in [-0.2, 0) is 10.1 Å². The molecule has 0 saturated heterocycles. The van der Waals surface area contributed by atoms with E-state index in [0.717, 1.165) is 12.5 Å². The van der Waals surface area contributed by atoms with Crippen molar-refractivity contribution < 1.29 is 30.9 Å². The first-order valence-electron chi connectivity index (χ1n) is 6.06. The van der Waals surface area contributed by atoms with Crippen molar-refractivity contribution in [1.29, 1.82) is 0 Å². The molecule has 0 fully saturated rings. The molecule has 0 aromatic heterocycles. The van der Waals surface area contributed by atoms with Crippen LogP contribution in [0.4, 0.5) is 13.2 Å². The average Bonchev–Trinajstić information content (AvgIpc) is 2.36.